The molecule has 0 fully saturated rings. The second-order valence-electron chi connectivity index (χ2n) is 14.3. The Labute approximate surface area is 310 Å². The van der Waals surface area contributed by atoms with Crippen LogP contribution in [0.5, 0.6) is 0 Å². The summed E-state index contributed by atoms with van der Waals surface area (Å²) in [5.41, 5.74) is 3.35. The van der Waals surface area contributed by atoms with E-state index in [1.54, 1.807) is 55.5 Å². The zero-order chi connectivity index (χ0) is 37.8. The Morgan fingerprint density at radius 1 is 0.547 bits per heavy atom. The van der Waals surface area contributed by atoms with Crippen LogP contribution in [0.25, 0.3) is 22.3 Å². The summed E-state index contributed by atoms with van der Waals surface area (Å²) in [5.74, 6) is -3.20. The van der Waals surface area contributed by atoms with Gasteiger partial charge in [0.15, 0.2) is 0 Å². The number of aryl methyl sites for hydroxylation is 2. The molecule has 2 aliphatic rings. The zero-order valence-electron chi connectivity index (χ0n) is 31.0. The number of amides is 2. The van der Waals surface area contributed by atoms with Gasteiger partial charge in [0.2, 0.25) is 23.4 Å². The van der Waals surface area contributed by atoms with Crippen molar-refractivity contribution in [2.45, 2.75) is 98.3 Å². The number of unbranched alkanes of at least 4 members (excludes halogenated alkanes) is 9. The topological polar surface area (TPSA) is 74.8 Å². The van der Waals surface area contributed by atoms with Gasteiger partial charge < -0.3 is 0 Å². The number of carbonyl (C=O) groups excluding carboxylic acids is 4. The van der Waals surface area contributed by atoms with E-state index in [4.69, 9.17) is 0 Å². The molecular formula is C45H46F2N2O4. The fourth-order valence-electron chi connectivity index (χ4n) is 7.55. The highest BCUT2D eigenvalue weighted by molar-refractivity contribution is 6.34. The van der Waals surface area contributed by atoms with E-state index in [1.165, 1.54) is 83.4 Å². The number of Topliss-reactive ketones (excluding diaryl/α,β-unsaturated/α-hetero) is 2. The number of ketones is 2. The summed E-state index contributed by atoms with van der Waals surface area (Å²) in [4.78, 5) is 56.8. The molecule has 0 spiro atoms. The highest BCUT2D eigenvalue weighted by Crippen LogP contribution is 2.45. The van der Waals surface area contributed by atoms with Gasteiger partial charge in [-0.05, 0) is 78.4 Å². The molecule has 4 aromatic carbocycles. The lowest BCUT2D eigenvalue weighted by atomic mass is 9.98. The number of halogens is 2. The van der Waals surface area contributed by atoms with Crippen molar-refractivity contribution in [3.05, 3.63) is 118 Å². The zero-order valence-corrected chi connectivity index (χ0v) is 31.0. The minimum absolute atomic E-state index is 0.145. The van der Waals surface area contributed by atoms with Gasteiger partial charge in [-0.1, -0.05) is 101 Å². The quantitative estimate of drug-likeness (QED) is 0.102. The largest absolute Gasteiger partial charge is 0.287 e. The maximum atomic E-state index is 15.6. The smallest absolute Gasteiger partial charge is 0.228 e. The fraction of sp³-hybridized carbons (Fsp3) is 0.333. The van der Waals surface area contributed by atoms with Crippen LogP contribution in [-0.2, 0) is 16.0 Å². The average Bonchev–Trinajstić information content (AvgIpc) is 3.58. The van der Waals surface area contributed by atoms with Crippen molar-refractivity contribution in [3.63, 3.8) is 0 Å². The maximum absolute atomic E-state index is 15.6. The van der Waals surface area contributed by atoms with Crippen molar-refractivity contribution in [2.24, 2.45) is 0 Å². The minimum Gasteiger partial charge on any atom is -0.287 e. The average molecular weight is 717 g/mol. The number of carbonyl (C=O) groups is 4. The Hall–Kier alpha value is -5.24. The normalized spacial score (nSPS) is 15.0. The molecule has 0 aromatic heterocycles. The molecule has 6 rings (SSSR count). The molecule has 0 saturated heterocycles. The molecule has 8 heteroatoms. The molecule has 0 aliphatic carbocycles. The van der Waals surface area contributed by atoms with Crippen molar-refractivity contribution in [1.82, 2.24) is 0 Å². The monoisotopic (exact) mass is 716 g/mol. The first-order valence-electron chi connectivity index (χ1n) is 18.8. The predicted molar refractivity (Wildman–Crippen MR) is 206 cm³/mol. The van der Waals surface area contributed by atoms with Gasteiger partial charge in [0.05, 0.1) is 11.4 Å². The van der Waals surface area contributed by atoms with E-state index in [9.17, 15) is 23.6 Å². The van der Waals surface area contributed by atoms with Gasteiger partial charge in [-0.25, -0.2) is 8.78 Å². The number of allylic oxidation sites excluding steroid dienone is 2. The second-order valence-corrected chi connectivity index (χ2v) is 14.3. The van der Waals surface area contributed by atoms with Gasteiger partial charge in [-0.3, -0.25) is 29.0 Å². The summed E-state index contributed by atoms with van der Waals surface area (Å²) in [6.07, 6.45) is 13.1. The number of fused-ring (bicyclic) bond motifs is 2. The SMILES string of the molecule is CCCCCCCCCCCCc1ccc(-c2ccc3c(c2)N(C(C)=O)/C(=C2\C(=O)c4ccc(-c5ccc(C)cc5F)cc4N2C(C)=O)C3=O)c(F)c1. The van der Waals surface area contributed by atoms with Crippen molar-refractivity contribution in [1.29, 1.82) is 0 Å². The van der Waals surface area contributed by atoms with Gasteiger partial charge in [0.25, 0.3) is 0 Å². The number of nitrogens with zero attached hydrogens (tertiary/aromatic N) is 2. The van der Waals surface area contributed by atoms with E-state index < -0.39 is 35.0 Å². The van der Waals surface area contributed by atoms with Crippen LogP contribution >= 0.6 is 0 Å². The lowest BCUT2D eigenvalue weighted by Crippen LogP contribution is -2.34. The Kier molecular flexibility index (Phi) is 11.5. The van der Waals surface area contributed by atoms with E-state index >= 15 is 4.39 Å². The van der Waals surface area contributed by atoms with Crippen molar-refractivity contribution >= 4 is 34.8 Å². The van der Waals surface area contributed by atoms with E-state index in [2.05, 4.69) is 6.92 Å². The molecule has 2 amide bonds. The summed E-state index contributed by atoms with van der Waals surface area (Å²) in [6.45, 7) is 6.53. The van der Waals surface area contributed by atoms with Gasteiger partial charge in [-0.2, -0.15) is 0 Å². The molecule has 4 aromatic rings. The fourth-order valence-corrected chi connectivity index (χ4v) is 7.55. The Morgan fingerprint density at radius 2 is 0.981 bits per heavy atom. The molecule has 2 heterocycles. The third-order valence-electron chi connectivity index (χ3n) is 10.3. The summed E-state index contributed by atoms with van der Waals surface area (Å²) >= 11 is 0. The molecule has 0 atom stereocenters. The van der Waals surface area contributed by atoms with E-state index in [1.807, 2.05) is 6.07 Å². The third kappa shape index (κ3) is 7.64. The molecule has 274 valence electrons. The predicted octanol–water partition coefficient (Wildman–Crippen LogP) is 11.1. The van der Waals surface area contributed by atoms with Crippen LogP contribution in [0.4, 0.5) is 20.2 Å². The highest BCUT2D eigenvalue weighted by atomic mass is 19.1. The standard InChI is InChI=1S/C45H46F2N2O4/c1-5-6-7-8-9-10-11-12-13-14-15-31-17-21-35(39(47)25-31)33-19-23-37-41(27-33)49(30(4)51)43(45(37)53)42-44(52)36-22-18-32(26-40(36)48(42)29(3)50)34-20-16-28(2)24-38(34)46/h16-27H,5-15H2,1-4H3/b43-42+. The summed E-state index contributed by atoms with van der Waals surface area (Å²) in [6, 6.07) is 19.3. The highest BCUT2D eigenvalue weighted by Gasteiger charge is 2.45. The van der Waals surface area contributed by atoms with Crippen molar-refractivity contribution < 1.29 is 28.0 Å². The lowest BCUT2D eigenvalue weighted by Gasteiger charge is -2.23. The summed E-state index contributed by atoms with van der Waals surface area (Å²) < 4.78 is 30.6. The first kappa shape index (κ1) is 37.5. The summed E-state index contributed by atoms with van der Waals surface area (Å²) in [5, 5.41) is 0. The van der Waals surface area contributed by atoms with Gasteiger partial charge in [-0.15, -0.1) is 0 Å². The summed E-state index contributed by atoms with van der Waals surface area (Å²) in [7, 11) is 0. The number of rotatable bonds is 13. The van der Waals surface area contributed by atoms with Crippen LogP contribution in [-0.4, -0.2) is 23.4 Å². The van der Waals surface area contributed by atoms with E-state index in [-0.39, 0.29) is 39.5 Å². The number of hydrogen-bond acceptors (Lipinski definition) is 4. The van der Waals surface area contributed by atoms with Crippen LogP contribution in [0.2, 0.25) is 0 Å². The van der Waals surface area contributed by atoms with E-state index in [0.29, 0.717) is 16.7 Å². The first-order valence-corrected chi connectivity index (χ1v) is 18.8. The van der Waals surface area contributed by atoms with Crippen LogP contribution in [0.3, 0.4) is 0 Å². The van der Waals surface area contributed by atoms with Crippen LogP contribution < -0.4 is 9.80 Å². The van der Waals surface area contributed by atoms with Crippen molar-refractivity contribution in [3.8, 4) is 22.3 Å². The van der Waals surface area contributed by atoms with Crippen LogP contribution in [0, 0.1) is 18.6 Å². The molecule has 0 unspecified atom stereocenters. The molecule has 2 aliphatic heterocycles. The number of benzene rings is 4. The molecular weight excluding hydrogens is 671 g/mol. The minimum atomic E-state index is -0.613. The Morgan fingerprint density at radius 3 is 1.43 bits per heavy atom. The molecule has 53 heavy (non-hydrogen) atoms. The molecule has 0 bridgehead atoms. The Balaban J connectivity index is 1.25. The first-order chi connectivity index (χ1) is 25.5. The molecule has 0 radical (unpaired) electrons. The van der Waals surface area contributed by atoms with Crippen LogP contribution in [0.1, 0.15) is 117 Å². The van der Waals surface area contributed by atoms with Gasteiger partial charge in [0.1, 0.15) is 23.0 Å². The number of anilines is 2. The molecule has 6 nitrogen and oxygen atoms in total. The Bertz CT molecular complexity index is 2130. The van der Waals surface area contributed by atoms with E-state index in [0.717, 1.165) is 40.2 Å². The molecule has 0 N–H and O–H groups in total. The van der Waals surface area contributed by atoms with Gasteiger partial charge in [0, 0.05) is 36.1 Å². The number of hydrogen-bond donors (Lipinski definition) is 0. The second kappa shape index (κ2) is 16.2. The van der Waals surface area contributed by atoms with Crippen LogP contribution in [0.15, 0.2) is 84.2 Å². The molecule has 0 saturated carbocycles. The maximum Gasteiger partial charge on any atom is 0.228 e. The van der Waals surface area contributed by atoms with Crippen molar-refractivity contribution in [2.75, 3.05) is 9.80 Å². The third-order valence-corrected chi connectivity index (χ3v) is 10.3. The van der Waals surface area contributed by atoms with Gasteiger partial charge >= 0.3 is 0 Å². The lowest BCUT2D eigenvalue weighted by molar-refractivity contribution is -0.117.